The SMILES string of the molecule is CN(C)c1ccc(NC(=O)CC(=O)NCc2ccc3c(c2)OCO3)cc1. The quantitative estimate of drug-likeness (QED) is 0.776. The second-order valence-corrected chi connectivity index (χ2v) is 6.13. The van der Waals surface area contributed by atoms with Crippen molar-refractivity contribution in [2.45, 2.75) is 13.0 Å². The lowest BCUT2D eigenvalue weighted by Crippen LogP contribution is -2.27. The lowest BCUT2D eigenvalue weighted by Gasteiger charge is -2.13. The molecule has 7 nitrogen and oxygen atoms in total. The molecule has 0 aliphatic carbocycles. The lowest BCUT2D eigenvalue weighted by molar-refractivity contribution is -0.126. The van der Waals surface area contributed by atoms with Crippen molar-refractivity contribution in [2.24, 2.45) is 0 Å². The van der Waals surface area contributed by atoms with Crippen LogP contribution in [-0.2, 0) is 16.1 Å². The van der Waals surface area contributed by atoms with Crippen LogP contribution < -0.4 is 25.0 Å². The Labute approximate surface area is 151 Å². The molecule has 136 valence electrons. The summed E-state index contributed by atoms with van der Waals surface area (Å²) in [4.78, 5) is 25.9. The number of nitrogens with zero attached hydrogens (tertiary/aromatic N) is 1. The molecule has 3 rings (SSSR count). The highest BCUT2D eigenvalue weighted by Gasteiger charge is 2.14. The molecule has 0 aromatic heterocycles. The summed E-state index contributed by atoms with van der Waals surface area (Å²) < 4.78 is 10.5. The van der Waals surface area contributed by atoms with E-state index in [1.165, 1.54) is 0 Å². The van der Waals surface area contributed by atoms with Crippen molar-refractivity contribution in [3.05, 3.63) is 48.0 Å². The fourth-order valence-electron chi connectivity index (χ4n) is 2.51. The van der Waals surface area contributed by atoms with E-state index in [9.17, 15) is 9.59 Å². The molecule has 0 radical (unpaired) electrons. The van der Waals surface area contributed by atoms with E-state index >= 15 is 0 Å². The van der Waals surface area contributed by atoms with Gasteiger partial charge in [-0.25, -0.2) is 0 Å². The number of hydrogen-bond donors (Lipinski definition) is 2. The van der Waals surface area contributed by atoms with Crippen molar-refractivity contribution in [3.63, 3.8) is 0 Å². The summed E-state index contributed by atoms with van der Waals surface area (Å²) in [5.74, 6) is 0.659. The van der Waals surface area contributed by atoms with Crippen LogP contribution in [0.3, 0.4) is 0 Å². The number of ether oxygens (including phenoxy) is 2. The van der Waals surface area contributed by atoms with Gasteiger partial charge >= 0.3 is 0 Å². The topological polar surface area (TPSA) is 79.9 Å². The van der Waals surface area contributed by atoms with Crippen LogP contribution in [0, 0.1) is 0 Å². The number of fused-ring (bicyclic) bond motifs is 1. The van der Waals surface area contributed by atoms with Crippen molar-refractivity contribution in [1.29, 1.82) is 0 Å². The zero-order valence-electron chi connectivity index (χ0n) is 14.7. The van der Waals surface area contributed by atoms with Gasteiger partial charge in [0.15, 0.2) is 11.5 Å². The minimum absolute atomic E-state index is 0.209. The second kappa shape index (κ2) is 7.77. The monoisotopic (exact) mass is 355 g/mol. The number of hydrogen-bond acceptors (Lipinski definition) is 5. The van der Waals surface area contributed by atoms with Crippen LogP contribution in [-0.4, -0.2) is 32.7 Å². The first-order valence-electron chi connectivity index (χ1n) is 8.24. The Morgan fingerprint density at radius 1 is 1.00 bits per heavy atom. The highest BCUT2D eigenvalue weighted by molar-refractivity contribution is 6.03. The highest BCUT2D eigenvalue weighted by atomic mass is 16.7. The summed E-state index contributed by atoms with van der Waals surface area (Å²) in [6, 6.07) is 12.9. The van der Waals surface area contributed by atoms with Crippen molar-refractivity contribution in [2.75, 3.05) is 31.1 Å². The Balaban J connectivity index is 1.46. The molecular weight excluding hydrogens is 334 g/mol. The van der Waals surface area contributed by atoms with Gasteiger partial charge in [0.1, 0.15) is 6.42 Å². The summed E-state index contributed by atoms with van der Waals surface area (Å²) in [5, 5.41) is 5.44. The number of carbonyl (C=O) groups is 2. The average Bonchev–Trinajstić information content (AvgIpc) is 3.08. The number of anilines is 2. The standard InChI is InChI=1S/C19H21N3O4/c1-22(2)15-6-4-14(5-7-15)21-19(24)10-18(23)20-11-13-3-8-16-17(9-13)26-12-25-16/h3-9H,10-12H2,1-2H3,(H,20,23)(H,21,24). The van der Waals surface area contributed by atoms with Gasteiger partial charge in [0, 0.05) is 32.0 Å². The normalized spacial score (nSPS) is 11.8. The van der Waals surface area contributed by atoms with Crippen LogP contribution in [0.5, 0.6) is 11.5 Å². The van der Waals surface area contributed by atoms with E-state index in [1.54, 1.807) is 18.2 Å². The Morgan fingerprint density at radius 3 is 2.46 bits per heavy atom. The van der Waals surface area contributed by atoms with E-state index < -0.39 is 0 Å². The molecule has 1 heterocycles. The maximum atomic E-state index is 12.0. The summed E-state index contributed by atoms with van der Waals surface area (Å²) in [6.45, 7) is 0.529. The molecule has 1 aliphatic heterocycles. The van der Waals surface area contributed by atoms with Gasteiger partial charge in [0.2, 0.25) is 18.6 Å². The number of amides is 2. The van der Waals surface area contributed by atoms with Gasteiger partial charge in [-0.1, -0.05) is 6.07 Å². The van der Waals surface area contributed by atoms with E-state index in [1.807, 2.05) is 43.3 Å². The van der Waals surface area contributed by atoms with E-state index in [-0.39, 0.29) is 25.0 Å². The Kier molecular flexibility index (Phi) is 5.26. The maximum absolute atomic E-state index is 12.0. The smallest absolute Gasteiger partial charge is 0.233 e. The fraction of sp³-hybridized carbons (Fsp3) is 0.263. The molecule has 2 aromatic carbocycles. The fourth-order valence-corrected chi connectivity index (χ4v) is 2.51. The van der Waals surface area contributed by atoms with Gasteiger partial charge in [-0.15, -0.1) is 0 Å². The molecule has 2 aromatic rings. The Bertz CT molecular complexity index is 803. The maximum Gasteiger partial charge on any atom is 0.233 e. The number of benzene rings is 2. The number of carbonyl (C=O) groups excluding carboxylic acids is 2. The minimum Gasteiger partial charge on any atom is -0.454 e. The van der Waals surface area contributed by atoms with Crippen molar-refractivity contribution >= 4 is 23.2 Å². The molecule has 1 aliphatic rings. The van der Waals surface area contributed by atoms with Crippen LogP contribution >= 0.6 is 0 Å². The van der Waals surface area contributed by atoms with Gasteiger partial charge in [-0.3, -0.25) is 9.59 Å². The summed E-state index contributed by atoms with van der Waals surface area (Å²) >= 11 is 0. The molecule has 0 saturated heterocycles. The van der Waals surface area contributed by atoms with Crippen LogP contribution in [0.2, 0.25) is 0 Å². The minimum atomic E-state index is -0.356. The van der Waals surface area contributed by atoms with Gasteiger partial charge in [-0.05, 0) is 42.0 Å². The summed E-state index contributed by atoms with van der Waals surface area (Å²) in [7, 11) is 3.89. The molecule has 0 saturated carbocycles. The average molecular weight is 355 g/mol. The van der Waals surface area contributed by atoms with E-state index in [0.29, 0.717) is 23.7 Å². The van der Waals surface area contributed by atoms with Gasteiger partial charge < -0.3 is 25.0 Å². The van der Waals surface area contributed by atoms with Crippen molar-refractivity contribution in [3.8, 4) is 11.5 Å². The number of nitrogens with one attached hydrogen (secondary N) is 2. The van der Waals surface area contributed by atoms with Gasteiger partial charge in [0.05, 0.1) is 0 Å². The van der Waals surface area contributed by atoms with Gasteiger partial charge in [0.25, 0.3) is 0 Å². The molecule has 0 atom stereocenters. The molecule has 7 heteroatoms. The second-order valence-electron chi connectivity index (χ2n) is 6.13. The van der Waals surface area contributed by atoms with E-state index in [0.717, 1.165) is 11.3 Å². The third-order valence-electron chi connectivity index (χ3n) is 3.92. The zero-order chi connectivity index (χ0) is 18.5. The lowest BCUT2D eigenvalue weighted by atomic mass is 10.2. The van der Waals surface area contributed by atoms with Crippen LogP contribution in [0.25, 0.3) is 0 Å². The molecular formula is C19H21N3O4. The number of rotatable bonds is 6. The highest BCUT2D eigenvalue weighted by Crippen LogP contribution is 2.32. The molecule has 0 unspecified atom stereocenters. The summed E-state index contributed by atoms with van der Waals surface area (Å²) in [5.41, 5.74) is 2.57. The molecule has 0 bridgehead atoms. The third-order valence-corrected chi connectivity index (χ3v) is 3.92. The molecule has 2 amide bonds. The third kappa shape index (κ3) is 4.44. The van der Waals surface area contributed by atoms with E-state index in [4.69, 9.17) is 9.47 Å². The van der Waals surface area contributed by atoms with Crippen LogP contribution in [0.4, 0.5) is 11.4 Å². The molecule has 2 N–H and O–H groups in total. The van der Waals surface area contributed by atoms with Crippen LogP contribution in [0.15, 0.2) is 42.5 Å². The first-order chi connectivity index (χ1) is 12.5. The van der Waals surface area contributed by atoms with Crippen LogP contribution in [0.1, 0.15) is 12.0 Å². The Morgan fingerprint density at radius 2 is 1.73 bits per heavy atom. The molecule has 0 spiro atoms. The van der Waals surface area contributed by atoms with Crippen molar-refractivity contribution in [1.82, 2.24) is 5.32 Å². The van der Waals surface area contributed by atoms with Crippen molar-refractivity contribution < 1.29 is 19.1 Å². The molecule has 26 heavy (non-hydrogen) atoms. The van der Waals surface area contributed by atoms with Gasteiger partial charge in [-0.2, -0.15) is 0 Å². The largest absolute Gasteiger partial charge is 0.454 e. The predicted octanol–water partition coefficient (Wildman–Crippen LogP) is 2.13. The zero-order valence-corrected chi connectivity index (χ0v) is 14.7. The predicted molar refractivity (Wildman–Crippen MR) is 98.4 cm³/mol. The Hall–Kier alpha value is -3.22. The summed E-state index contributed by atoms with van der Waals surface area (Å²) in [6.07, 6.45) is -0.236. The first-order valence-corrected chi connectivity index (χ1v) is 8.24. The molecule has 0 fully saturated rings. The first kappa shape index (κ1) is 17.6. The van der Waals surface area contributed by atoms with E-state index in [2.05, 4.69) is 10.6 Å².